The van der Waals surface area contributed by atoms with Gasteiger partial charge in [-0.3, -0.25) is 9.69 Å². The summed E-state index contributed by atoms with van der Waals surface area (Å²) in [4.78, 5) is 16.2. The lowest BCUT2D eigenvalue weighted by atomic mass is 10.1. The van der Waals surface area contributed by atoms with E-state index in [9.17, 15) is 9.18 Å². The first-order chi connectivity index (χ1) is 9.61. The monoisotopic (exact) mass is 281 g/mol. The first-order valence-corrected chi connectivity index (χ1v) is 6.79. The maximum absolute atomic E-state index is 13.1. The van der Waals surface area contributed by atoms with E-state index in [1.54, 1.807) is 4.90 Å². The number of aliphatic hydroxyl groups is 1. The van der Waals surface area contributed by atoms with E-state index in [0.717, 1.165) is 19.5 Å². The second-order valence-electron chi connectivity index (χ2n) is 4.95. The fourth-order valence-corrected chi connectivity index (χ4v) is 2.40. The predicted molar refractivity (Wildman–Crippen MR) is 74.9 cm³/mol. The summed E-state index contributed by atoms with van der Waals surface area (Å²) in [5.74, 6) is -0.630. The minimum Gasteiger partial charge on any atom is -0.396 e. The molecule has 0 bridgehead atoms. The van der Waals surface area contributed by atoms with Gasteiger partial charge in [-0.2, -0.15) is 0 Å². The lowest BCUT2D eigenvalue weighted by Crippen LogP contribution is -2.36. The summed E-state index contributed by atoms with van der Waals surface area (Å²) in [6.07, 6.45) is 0.864. The Balaban J connectivity index is 2.03. The maximum atomic E-state index is 13.1. The maximum Gasteiger partial charge on any atom is 0.253 e. The smallest absolute Gasteiger partial charge is 0.253 e. The van der Waals surface area contributed by atoms with Crippen molar-refractivity contribution >= 4 is 11.6 Å². The number of amides is 1. The Hall–Kier alpha value is -1.66. The predicted octanol–water partition coefficient (Wildman–Crippen LogP) is 0.548. The molecule has 1 fully saturated rings. The van der Waals surface area contributed by atoms with Crippen LogP contribution in [0.4, 0.5) is 10.1 Å². The van der Waals surface area contributed by atoms with Crippen molar-refractivity contribution in [3.05, 3.63) is 29.6 Å². The Labute approximate surface area is 117 Å². The highest BCUT2D eigenvalue weighted by Gasteiger charge is 2.20. The average molecular weight is 281 g/mol. The molecule has 1 amide bonds. The minimum atomic E-state index is -0.508. The number of nitrogens with two attached hydrogens (primary N) is 1. The van der Waals surface area contributed by atoms with Crippen LogP contribution in [0, 0.1) is 5.82 Å². The third-order valence-corrected chi connectivity index (χ3v) is 3.53. The summed E-state index contributed by atoms with van der Waals surface area (Å²) in [6, 6.07) is 4.07. The number of nitrogens with zero attached hydrogens (tertiary/aromatic N) is 2. The highest BCUT2D eigenvalue weighted by molar-refractivity contribution is 5.95. The topological polar surface area (TPSA) is 69.8 Å². The summed E-state index contributed by atoms with van der Waals surface area (Å²) in [6.45, 7) is 3.64. The molecule has 0 unspecified atom stereocenters. The Morgan fingerprint density at radius 1 is 1.30 bits per heavy atom. The molecule has 0 radical (unpaired) electrons. The van der Waals surface area contributed by atoms with Crippen molar-refractivity contribution < 1.29 is 14.3 Å². The molecule has 1 saturated heterocycles. The van der Waals surface area contributed by atoms with E-state index in [1.807, 2.05) is 0 Å². The number of carbonyl (C=O) groups is 1. The third-order valence-electron chi connectivity index (χ3n) is 3.53. The number of anilines is 1. The first-order valence-electron chi connectivity index (χ1n) is 6.79. The van der Waals surface area contributed by atoms with E-state index in [0.29, 0.717) is 25.2 Å². The van der Waals surface area contributed by atoms with Gasteiger partial charge >= 0.3 is 0 Å². The quantitative estimate of drug-likeness (QED) is 0.794. The minimum absolute atomic E-state index is 0.00687. The fraction of sp³-hybridized carbons (Fsp3) is 0.500. The van der Waals surface area contributed by atoms with Crippen LogP contribution in [0.1, 0.15) is 16.8 Å². The van der Waals surface area contributed by atoms with Crippen LogP contribution >= 0.6 is 0 Å². The van der Waals surface area contributed by atoms with Gasteiger partial charge in [-0.1, -0.05) is 0 Å². The van der Waals surface area contributed by atoms with Crippen molar-refractivity contribution in [3.8, 4) is 0 Å². The lowest BCUT2D eigenvalue weighted by Gasteiger charge is -2.21. The molecule has 1 aliphatic heterocycles. The Bertz CT molecular complexity index is 481. The molecular weight excluding hydrogens is 261 g/mol. The van der Waals surface area contributed by atoms with E-state index < -0.39 is 5.82 Å². The normalized spacial score (nSPS) is 17.0. The van der Waals surface area contributed by atoms with Crippen LogP contribution in [0.3, 0.4) is 0 Å². The molecule has 0 atom stereocenters. The average Bonchev–Trinajstić information content (AvgIpc) is 2.67. The molecule has 5 nitrogen and oxygen atoms in total. The van der Waals surface area contributed by atoms with E-state index >= 15 is 0 Å². The van der Waals surface area contributed by atoms with Gasteiger partial charge in [-0.05, 0) is 31.2 Å². The summed E-state index contributed by atoms with van der Waals surface area (Å²) in [5.41, 5.74) is 5.91. The summed E-state index contributed by atoms with van der Waals surface area (Å²) >= 11 is 0. The number of hydrogen-bond donors (Lipinski definition) is 2. The summed E-state index contributed by atoms with van der Waals surface area (Å²) in [7, 11) is 0. The van der Waals surface area contributed by atoms with E-state index in [2.05, 4.69) is 4.90 Å². The number of aliphatic hydroxyl groups excluding tert-OH is 1. The van der Waals surface area contributed by atoms with Crippen LogP contribution in [0.25, 0.3) is 0 Å². The molecule has 1 aromatic rings. The molecule has 20 heavy (non-hydrogen) atoms. The summed E-state index contributed by atoms with van der Waals surface area (Å²) < 4.78 is 13.1. The van der Waals surface area contributed by atoms with E-state index in [4.69, 9.17) is 10.8 Å². The second kappa shape index (κ2) is 6.67. The molecule has 1 heterocycles. The van der Waals surface area contributed by atoms with Gasteiger partial charge in [0.1, 0.15) is 5.82 Å². The third kappa shape index (κ3) is 3.46. The second-order valence-corrected chi connectivity index (χ2v) is 4.95. The van der Waals surface area contributed by atoms with Crippen LogP contribution in [-0.4, -0.2) is 60.1 Å². The molecule has 1 aliphatic rings. The highest BCUT2D eigenvalue weighted by atomic mass is 19.1. The van der Waals surface area contributed by atoms with Crippen molar-refractivity contribution in [1.82, 2.24) is 9.80 Å². The van der Waals surface area contributed by atoms with Crippen LogP contribution in [-0.2, 0) is 0 Å². The molecule has 0 aromatic heterocycles. The number of nitrogen functional groups attached to an aromatic ring is 1. The van der Waals surface area contributed by atoms with Gasteiger partial charge in [0.15, 0.2) is 0 Å². The van der Waals surface area contributed by atoms with Crippen molar-refractivity contribution in [2.75, 3.05) is 45.1 Å². The molecule has 0 spiro atoms. The Morgan fingerprint density at radius 3 is 2.80 bits per heavy atom. The number of hydrogen-bond acceptors (Lipinski definition) is 4. The Morgan fingerprint density at radius 2 is 2.10 bits per heavy atom. The van der Waals surface area contributed by atoms with Gasteiger partial charge < -0.3 is 15.7 Å². The van der Waals surface area contributed by atoms with Gasteiger partial charge in [-0.25, -0.2) is 4.39 Å². The number of β-amino-alcohol motifs (C(OH)–C–C–N with tert-alkyl or cyclic N) is 1. The zero-order valence-corrected chi connectivity index (χ0v) is 11.4. The van der Waals surface area contributed by atoms with Gasteiger partial charge in [0.25, 0.3) is 5.91 Å². The SMILES string of the molecule is Nc1cc(C(=O)N2CCCN(CCO)CC2)ccc1F. The molecular formula is C14H20FN3O2. The zero-order valence-electron chi connectivity index (χ0n) is 11.4. The largest absolute Gasteiger partial charge is 0.396 e. The van der Waals surface area contributed by atoms with E-state index in [-0.39, 0.29) is 18.2 Å². The zero-order chi connectivity index (χ0) is 14.5. The van der Waals surface area contributed by atoms with Crippen molar-refractivity contribution in [2.24, 2.45) is 0 Å². The van der Waals surface area contributed by atoms with Crippen LogP contribution in [0.15, 0.2) is 18.2 Å². The van der Waals surface area contributed by atoms with Crippen molar-refractivity contribution in [1.29, 1.82) is 0 Å². The molecule has 0 aliphatic carbocycles. The lowest BCUT2D eigenvalue weighted by molar-refractivity contribution is 0.0760. The van der Waals surface area contributed by atoms with Gasteiger partial charge in [-0.15, -0.1) is 0 Å². The van der Waals surface area contributed by atoms with Crippen LogP contribution in [0.2, 0.25) is 0 Å². The van der Waals surface area contributed by atoms with Gasteiger partial charge in [0, 0.05) is 31.7 Å². The fourth-order valence-electron chi connectivity index (χ4n) is 2.40. The number of rotatable bonds is 3. The molecule has 3 N–H and O–H groups in total. The van der Waals surface area contributed by atoms with Crippen LogP contribution in [0.5, 0.6) is 0 Å². The van der Waals surface area contributed by atoms with Crippen LogP contribution < -0.4 is 5.73 Å². The standard InChI is InChI=1S/C14H20FN3O2/c15-12-3-2-11(10-13(12)16)14(20)18-5-1-4-17(6-7-18)8-9-19/h2-3,10,19H,1,4-9,16H2. The van der Waals surface area contributed by atoms with Gasteiger partial charge in [0.05, 0.1) is 12.3 Å². The molecule has 6 heteroatoms. The van der Waals surface area contributed by atoms with Crippen molar-refractivity contribution in [2.45, 2.75) is 6.42 Å². The number of benzene rings is 1. The van der Waals surface area contributed by atoms with Gasteiger partial charge in [0.2, 0.25) is 0 Å². The number of halogens is 1. The molecule has 110 valence electrons. The molecule has 0 saturated carbocycles. The molecule has 1 aromatic carbocycles. The number of carbonyl (C=O) groups excluding carboxylic acids is 1. The molecule has 2 rings (SSSR count). The highest BCUT2D eigenvalue weighted by Crippen LogP contribution is 2.15. The summed E-state index contributed by atoms with van der Waals surface area (Å²) in [5, 5.41) is 8.95. The Kier molecular flexibility index (Phi) is 4.92. The first kappa shape index (κ1) is 14.7. The van der Waals surface area contributed by atoms with E-state index in [1.165, 1.54) is 18.2 Å². The van der Waals surface area contributed by atoms with Crippen molar-refractivity contribution in [3.63, 3.8) is 0 Å².